The van der Waals surface area contributed by atoms with E-state index in [9.17, 15) is 0 Å². The maximum Gasteiger partial charge on any atom is 0.0820 e. The SMILES string of the molecule is [B]C1(P)CCCN(C(C)(C)C)C1. The first-order chi connectivity index (χ1) is 5.31. The molecule has 0 aliphatic carbocycles. The fourth-order valence-electron chi connectivity index (χ4n) is 1.69. The van der Waals surface area contributed by atoms with E-state index < -0.39 is 0 Å². The molecule has 3 heteroatoms. The van der Waals surface area contributed by atoms with Crippen molar-refractivity contribution in [2.45, 2.75) is 44.2 Å². The van der Waals surface area contributed by atoms with Gasteiger partial charge >= 0.3 is 0 Å². The molecule has 2 radical (unpaired) electrons. The van der Waals surface area contributed by atoms with Gasteiger partial charge in [0.15, 0.2) is 0 Å². The lowest BCUT2D eigenvalue weighted by atomic mass is 9.78. The molecule has 0 bridgehead atoms. The first-order valence-corrected chi connectivity index (χ1v) is 5.22. The summed E-state index contributed by atoms with van der Waals surface area (Å²) < 4.78 is 0. The van der Waals surface area contributed by atoms with Crippen molar-refractivity contribution in [2.75, 3.05) is 13.1 Å². The van der Waals surface area contributed by atoms with Gasteiger partial charge in [-0.3, -0.25) is 4.90 Å². The fraction of sp³-hybridized carbons (Fsp3) is 1.00. The summed E-state index contributed by atoms with van der Waals surface area (Å²) in [5, 5.41) is -0.0501. The molecule has 1 aliphatic heterocycles. The quantitative estimate of drug-likeness (QED) is 0.407. The van der Waals surface area contributed by atoms with Crippen LogP contribution in [0.25, 0.3) is 0 Å². The molecule has 12 heavy (non-hydrogen) atoms. The molecule has 1 rings (SSSR count). The Balaban J connectivity index is 2.58. The summed E-state index contributed by atoms with van der Waals surface area (Å²) in [7, 11) is 8.87. The number of piperidine rings is 1. The molecular weight excluding hydrogens is 164 g/mol. The summed E-state index contributed by atoms with van der Waals surface area (Å²) in [6, 6.07) is 0. The molecule has 1 saturated heterocycles. The van der Waals surface area contributed by atoms with E-state index in [1.807, 2.05) is 0 Å². The molecule has 1 heterocycles. The molecule has 68 valence electrons. The molecule has 0 N–H and O–H groups in total. The van der Waals surface area contributed by atoms with Gasteiger partial charge in [0.05, 0.1) is 7.85 Å². The molecule has 2 atom stereocenters. The van der Waals surface area contributed by atoms with Crippen LogP contribution in [0.2, 0.25) is 0 Å². The van der Waals surface area contributed by atoms with Crippen LogP contribution in [0.4, 0.5) is 0 Å². The van der Waals surface area contributed by atoms with E-state index in [-0.39, 0.29) is 10.6 Å². The van der Waals surface area contributed by atoms with E-state index in [0.717, 1.165) is 13.0 Å². The molecule has 0 aromatic rings. The molecule has 0 saturated carbocycles. The van der Waals surface area contributed by atoms with Crippen molar-refractivity contribution in [3.63, 3.8) is 0 Å². The normalized spacial score (nSPS) is 33.7. The summed E-state index contributed by atoms with van der Waals surface area (Å²) in [6.07, 6.45) is 2.35. The molecule has 0 amide bonds. The van der Waals surface area contributed by atoms with Crippen LogP contribution in [-0.2, 0) is 0 Å². The number of nitrogens with zero attached hydrogens (tertiary/aromatic N) is 1. The van der Waals surface area contributed by atoms with Crippen LogP contribution in [-0.4, -0.2) is 36.4 Å². The first kappa shape index (κ1) is 10.5. The molecule has 0 spiro atoms. The van der Waals surface area contributed by atoms with Crippen LogP contribution in [0.1, 0.15) is 33.6 Å². The highest BCUT2D eigenvalue weighted by Crippen LogP contribution is 2.30. The van der Waals surface area contributed by atoms with Crippen molar-refractivity contribution in [2.24, 2.45) is 0 Å². The van der Waals surface area contributed by atoms with Crippen molar-refractivity contribution in [3.8, 4) is 0 Å². The highest BCUT2D eigenvalue weighted by Gasteiger charge is 2.31. The van der Waals surface area contributed by atoms with Crippen molar-refractivity contribution in [1.29, 1.82) is 0 Å². The Morgan fingerprint density at radius 1 is 1.42 bits per heavy atom. The molecule has 1 aliphatic rings. The monoisotopic (exact) mass is 183 g/mol. The highest BCUT2D eigenvalue weighted by atomic mass is 31.0. The Morgan fingerprint density at radius 3 is 2.33 bits per heavy atom. The lowest BCUT2D eigenvalue weighted by Gasteiger charge is -2.45. The van der Waals surface area contributed by atoms with E-state index in [0.29, 0.717) is 0 Å². The zero-order valence-electron chi connectivity index (χ0n) is 8.43. The van der Waals surface area contributed by atoms with Gasteiger partial charge in [-0.05, 0) is 51.8 Å². The minimum atomic E-state index is -0.0501. The van der Waals surface area contributed by atoms with Gasteiger partial charge in [-0.2, -0.15) is 0 Å². The van der Waals surface area contributed by atoms with Crippen LogP contribution in [0.15, 0.2) is 0 Å². The number of likely N-dealkylation sites (tertiary alicyclic amines) is 1. The van der Waals surface area contributed by atoms with Crippen LogP contribution < -0.4 is 0 Å². The second-order valence-electron chi connectivity index (χ2n) is 4.93. The zero-order valence-corrected chi connectivity index (χ0v) is 9.59. The van der Waals surface area contributed by atoms with Gasteiger partial charge < -0.3 is 0 Å². The van der Waals surface area contributed by atoms with Crippen molar-refractivity contribution < 1.29 is 0 Å². The Kier molecular flexibility index (Phi) is 2.90. The van der Waals surface area contributed by atoms with Gasteiger partial charge in [0.2, 0.25) is 0 Å². The second-order valence-corrected chi connectivity index (χ2v) is 6.08. The Morgan fingerprint density at radius 2 is 2.00 bits per heavy atom. The first-order valence-electron chi connectivity index (χ1n) is 4.64. The summed E-state index contributed by atoms with van der Waals surface area (Å²) in [5.74, 6) is 0. The van der Waals surface area contributed by atoms with E-state index in [1.54, 1.807) is 0 Å². The minimum absolute atomic E-state index is 0.0501. The highest BCUT2D eigenvalue weighted by molar-refractivity contribution is 7.22. The topological polar surface area (TPSA) is 3.24 Å². The molecule has 0 aromatic heterocycles. The van der Waals surface area contributed by atoms with Gasteiger partial charge in [0.25, 0.3) is 0 Å². The van der Waals surface area contributed by atoms with E-state index >= 15 is 0 Å². The lowest BCUT2D eigenvalue weighted by Crippen LogP contribution is -2.52. The maximum absolute atomic E-state index is 6.09. The zero-order chi connectivity index (χ0) is 9.41. The van der Waals surface area contributed by atoms with Crippen molar-refractivity contribution in [1.82, 2.24) is 4.90 Å². The largest absolute Gasteiger partial charge is 0.298 e. The van der Waals surface area contributed by atoms with Crippen LogP contribution >= 0.6 is 9.24 Å². The predicted octanol–water partition coefficient (Wildman–Crippen LogP) is 1.62. The van der Waals surface area contributed by atoms with Crippen LogP contribution in [0.5, 0.6) is 0 Å². The van der Waals surface area contributed by atoms with Gasteiger partial charge in [-0.25, -0.2) is 0 Å². The third-order valence-electron chi connectivity index (χ3n) is 2.50. The van der Waals surface area contributed by atoms with E-state index in [1.165, 1.54) is 13.0 Å². The van der Waals surface area contributed by atoms with Crippen molar-refractivity contribution in [3.05, 3.63) is 0 Å². The molecular formula is C9H19BNP. The van der Waals surface area contributed by atoms with Crippen molar-refractivity contribution >= 4 is 17.1 Å². The van der Waals surface area contributed by atoms with Gasteiger partial charge in [0, 0.05) is 5.54 Å². The summed E-state index contributed by atoms with van der Waals surface area (Å²) in [4.78, 5) is 2.46. The van der Waals surface area contributed by atoms with E-state index in [4.69, 9.17) is 7.85 Å². The predicted molar refractivity (Wildman–Crippen MR) is 58.8 cm³/mol. The summed E-state index contributed by atoms with van der Waals surface area (Å²) in [6.45, 7) is 8.94. The van der Waals surface area contributed by atoms with E-state index in [2.05, 4.69) is 34.9 Å². The molecule has 2 unspecified atom stereocenters. The third-order valence-corrected chi connectivity index (χ3v) is 2.98. The molecule has 1 nitrogen and oxygen atoms in total. The maximum atomic E-state index is 6.09. The Hall–Kier alpha value is 0.455. The number of hydrogen-bond acceptors (Lipinski definition) is 1. The van der Waals surface area contributed by atoms with Gasteiger partial charge in [-0.15, -0.1) is 9.24 Å². The summed E-state index contributed by atoms with van der Waals surface area (Å²) in [5.41, 5.74) is 0.265. The molecule has 1 fully saturated rings. The second kappa shape index (κ2) is 3.31. The fourth-order valence-corrected chi connectivity index (χ4v) is 2.11. The lowest BCUT2D eigenvalue weighted by molar-refractivity contribution is 0.107. The van der Waals surface area contributed by atoms with Crippen LogP contribution in [0.3, 0.4) is 0 Å². The standard InChI is InChI=1S/C9H19BNP/c1-8(2,3)11-6-4-5-9(10,12)7-11/h4-7,12H2,1-3H3. The number of hydrogen-bond donors (Lipinski definition) is 0. The Labute approximate surface area is 79.9 Å². The Bertz CT molecular complexity index is 159. The smallest absolute Gasteiger partial charge is 0.0820 e. The van der Waals surface area contributed by atoms with Crippen LogP contribution in [0, 0.1) is 0 Å². The average Bonchev–Trinajstić information content (AvgIpc) is 1.83. The number of rotatable bonds is 0. The van der Waals surface area contributed by atoms with Gasteiger partial charge in [-0.1, -0.05) is 0 Å². The minimum Gasteiger partial charge on any atom is -0.298 e. The third kappa shape index (κ3) is 2.74. The van der Waals surface area contributed by atoms with Gasteiger partial charge in [0.1, 0.15) is 0 Å². The summed E-state index contributed by atoms with van der Waals surface area (Å²) >= 11 is 0. The average molecular weight is 183 g/mol. The molecule has 0 aromatic carbocycles.